The van der Waals surface area contributed by atoms with Gasteiger partial charge in [-0.05, 0) is 96.1 Å². The molecule has 0 saturated carbocycles. The molecule has 0 bridgehead atoms. The van der Waals surface area contributed by atoms with Crippen LogP contribution < -0.4 is 4.90 Å². The molecule has 0 aliphatic carbocycles. The third-order valence-electron chi connectivity index (χ3n) is 10.5. The van der Waals surface area contributed by atoms with Crippen LogP contribution in [0.2, 0.25) is 0 Å². The van der Waals surface area contributed by atoms with Crippen molar-refractivity contribution in [3.63, 3.8) is 0 Å². The van der Waals surface area contributed by atoms with Gasteiger partial charge in [0.05, 0.1) is 0 Å². The Morgan fingerprint density at radius 1 is 0.327 bits per heavy atom. The van der Waals surface area contributed by atoms with Crippen LogP contribution in [0.3, 0.4) is 0 Å². The van der Waals surface area contributed by atoms with Crippen molar-refractivity contribution >= 4 is 71.0 Å². The van der Waals surface area contributed by atoms with E-state index in [4.69, 9.17) is 8.83 Å². The third-order valence-corrected chi connectivity index (χ3v) is 14.5. The predicted octanol–water partition coefficient (Wildman–Crippen LogP) is 14.3. The van der Waals surface area contributed by atoms with Gasteiger partial charge in [0.25, 0.3) is 0 Å². The molecule has 3 nitrogen and oxygen atoms in total. The van der Waals surface area contributed by atoms with Crippen LogP contribution in [0.4, 0.5) is 17.1 Å². The number of benzene rings is 8. The Kier molecular flexibility index (Phi) is 6.34. The van der Waals surface area contributed by atoms with E-state index in [9.17, 15) is 0 Å². The van der Waals surface area contributed by atoms with Gasteiger partial charge in [-0.2, -0.15) is 0 Å². The molecule has 10 aromatic rings. The number of hydrogen-bond donors (Lipinski definition) is 0. The maximum atomic E-state index is 6.43. The molecule has 0 spiro atoms. The van der Waals surface area contributed by atoms with Gasteiger partial charge >= 0.3 is 0 Å². The highest BCUT2D eigenvalue weighted by molar-refractivity contribution is 8.34. The van der Waals surface area contributed by atoms with Crippen molar-refractivity contribution in [2.75, 3.05) is 4.90 Å². The maximum Gasteiger partial charge on any atom is 0.137 e. The first-order chi connectivity index (χ1) is 25.8. The molecule has 0 amide bonds. The monoisotopic (exact) mass is 685 g/mol. The molecular formula is C48H31NO2S. The Morgan fingerprint density at radius 3 is 1.37 bits per heavy atom. The average Bonchev–Trinajstić information content (AvgIpc) is 3.86. The number of fused-ring (bicyclic) bond motifs is 9. The van der Waals surface area contributed by atoms with Crippen molar-refractivity contribution in [3.8, 4) is 11.1 Å². The van der Waals surface area contributed by atoms with Crippen molar-refractivity contribution in [1.82, 2.24) is 0 Å². The van der Waals surface area contributed by atoms with E-state index in [-0.39, 0.29) is 0 Å². The van der Waals surface area contributed by atoms with Gasteiger partial charge in [-0.1, -0.05) is 91.0 Å². The standard InChI is InChI=1S/C48H31NO2S/c1-3-13-35(14-4-1)52(36-15-5-2-6-16-36)47-22-12-9-19-41(47)42-29-32(25-28-48(42)52)49(33-23-26-39-37-17-7-10-20-43(37)50-45(39)30-33)34-24-27-40-38-18-8-11-21-44(38)51-46(40)31-34/h1-31H. The van der Waals surface area contributed by atoms with Crippen molar-refractivity contribution in [1.29, 1.82) is 0 Å². The zero-order chi connectivity index (χ0) is 34.2. The molecule has 0 unspecified atom stereocenters. The number of hydrogen-bond acceptors (Lipinski definition) is 3. The van der Waals surface area contributed by atoms with Gasteiger partial charge < -0.3 is 13.7 Å². The molecule has 52 heavy (non-hydrogen) atoms. The largest absolute Gasteiger partial charge is 0.456 e. The lowest BCUT2D eigenvalue weighted by Crippen LogP contribution is -2.10. The second-order valence-electron chi connectivity index (χ2n) is 13.3. The van der Waals surface area contributed by atoms with E-state index in [1.165, 1.54) is 30.7 Å². The maximum absolute atomic E-state index is 6.43. The van der Waals surface area contributed by atoms with Crippen molar-refractivity contribution in [3.05, 3.63) is 188 Å². The van der Waals surface area contributed by atoms with Crippen LogP contribution in [-0.2, 0) is 0 Å². The second-order valence-corrected chi connectivity index (χ2v) is 16.4. The molecule has 0 fully saturated rings. The Labute approximate surface area is 302 Å². The Balaban J connectivity index is 1.17. The van der Waals surface area contributed by atoms with Gasteiger partial charge in [-0.15, -0.1) is 10.0 Å². The van der Waals surface area contributed by atoms with Crippen molar-refractivity contribution in [2.45, 2.75) is 19.6 Å². The van der Waals surface area contributed by atoms with Gasteiger partial charge in [0, 0.05) is 70.3 Å². The highest BCUT2D eigenvalue weighted by atomic mass is 32.3. The number of nitrogens with zero attached hydrogens (tertiary/aromatic N) is 1. The molecule has 0 atom stereocenters. The van der Waals surface area contributed by atoms with Crippen LogP contribution in [0.1, 0.15) is 0 Å². The number of anilines is 3. The molecule has 1 aliphatic heterocycles. The third kappa shape index (κ3) is 4.16. The molecule has 0 N–H and O–H groups in total. The fourth-order valence-electron chi connectivity index (χ4n) is 8.26. The molecule has 0 saturated heterocycles. The summed E-state index contributed by atoms with van der Waals surface area (Å²) in [5, 5.41) is 4.45. The Hall–Kier alpha value is -6.49. The minimum Gasteiger partial charge on any atom is -0.456 e. The van der Waals surface area contributed by atoms with E-state index in [0.29, 0.717) is 0 Å². The summed E-state index contributed by atoms with van der Waals surface area (Å²) in [7, 11) is -1.74. The van der Waals surface area contributed by atoms with E-state index in [1.807, 2.05) is 24.3 Å². The first-order valence-electron chi connectivity index (χ1n) is 17.6. The van der Waals surface area contributed by atoms with E-state index in [0.717, 1.165) is 60.9 Å². The zero-order valence-corrected chi connectivity index (χ0v) is 28.9. The van der Waals surface area contributed by atoms with Gasteiger partial charge in [0.15, 0.2) is 0 Å². The highest BCUT2D eigenvalue weighted by Crippen LogP contribution is 2.80. The summed E-state index contributed by atoms with van der Waals surface area (Å²) in [5.41, 5.74) is 9.12. The first kappa shape index (κ1) is 29.3. The minimum atomic E-state index is -1.74. The molecule has 0 radical (unpaired) electrons. The fraction of sp³-hybridized carbons (Fsp3) is 0. The van der Waals surface area contributed by atoms with Crippen LogP contribution in [0.5, 0.6) is 0 Å². The normalized spacial score (nSPS) is 13.8. The van der Waals surface area contributed by atoms with Crippen molar-refractivity contribution in [2.24, 2.45) is 0 Å². The van der Waals surface area contributed by atoms with Crippen LogP contribution in [0, 0.1) is 0 Å². The summed E-state index contributed by atoms with van der Waals surface area (Å²) < 4.78 is 12.9. The number of rotatable bonds is 5. The van der Waals surface area contributed by atoms with Crippen LogP contribution >= 0.6 is 10.0 Å². The number of furan rings is 2. The van der Waals surface area contributed by atoms with Gasteiger partial charge in [0.2, 0.25) is 0 Å². The van der Waals surface area contributed by atoms with E-state index >= 15 is 0 Å². The van der Waals surface area contributed by atoms with Crippen LogP contribution in [0.25, 0.3) is 55.0 Å². The molecule has 1 aliphatic rings. The molecule has 246 valence electrons. The zero-order valence-electron chi connectivity index (χ0n) is 28.1. The van der Waals surface area contributed by atoms with E-state index in [1.54, 1.807) is 0 Å². The smallest absolute Gasteiger partial charge is 0.137 e. The Morgan fingerprint density at radius 2 is 0.769 bits per heavy atom. The first-order valence-corrected chi connectivity index (χ1v) is 19.2. The van der Waals surface area contributed by atoms with E-state index in [2.05, 4.69) is 169 Å². The van der Waals surface area contributed by atoms with Gasteiger partial charge in [0.1, 0.15) is 22.3 Å². The molecular weight excluding hydrogens is 655 g/mol. The SMILES string of the molecule is c1ccc(S2(c3ccccc3)c3ccccc3-c3cc(N(c4ccc5c(c4)oc4ccccc45)c4ccc5c(c4)oc4ccccc45)ccc32)cc1. The van der Waals surface area contributed by atoms with Crippen LogP contribution in [0.15, 0.2) is 216 Å². The fourth-order valence-corrected chi connectivity index (χ4v) is 12.5. The molecule has 2 aromatic heterocycles. The summed E-state index contributed by atoms with van der Waals surface area (Å²) in [6.07, 6.45) is 0. The summed E-state index contributed by atoms with van der Waals surface area (Å²) in [4.78, 5) is 7.74. The quantitative estimate of drug-likeness (QED) is 0.181. The lowest BCUT2D eigenvalue weighted by atomic mass is 10.0. The van der Waals surface area contributed by atoms with Crippen molar-refractivity contribution < 1.29 is 8.83 Å². The topological polar surface area (TPSA) is 29.5 Å². The minimum absolute atomic E-state index is 0.858. The second kappa shape index (κ2) is 11.3. The van der Waals surface area contributed by atoms with Gasteiger partial charge in [-0.3, -0.25) is 0 Å². The average molecular weight is 686 g/mol. The van der Waals surface area contributed by atoms with E-state index < -0.39 is 10.0 Å². The Bertz CT molecular complexity index is 2830. The molecule has 11 rings (SSSR count). The lowest BCUT2D eigenvalue weighted by Gasteiger charge is -2.39. The predicted molar refractivity (Wildman–Crippen MR) is 215 cm³/mol. The summed E-state index contributed by atoms with van der Waals surface area (Å²) in [6, 6.07) is 67.8. The molecule has 4 heteroatoms. The molecule has 3 heterocycles. The van der Waals surface area contributed by atoms with Gasteiger partial charge in [-0.25, -0.2) is 0 Å². The summed E-state index contributed by atoms with van der Waals surface area (Å²) in [5.74, 6) is 0. The lowest BCUT2D eigenvalue weighted by molar-refractivity contribution is 0.669. The summed E-state index contributed by atoms with van der Waals surface area (Å²) >= 11 is 0. The number of para-hydroxylation sites is 2. The van der Waals surface area contributed by atoms with Crippen LogP contribution in [-0.4, -0.2) is 0 Å². The molecule has 8 aromatic carbocycles. The highest BCUT2D eigenvalue weighted by Gasteiger charge is 2.42. The summed E-state index contributed by atoms with van der Waals surface area (Å²) in [6.45, 7) is 0.